The predicted octanol–water partition coefficient (Wildman–Crippen LogP) is 8.53. The van der Waals surface area contributed by atoms with E-state index in [9.17, 15) is 18.5 Å². The second kappa shape index (κ2) is 20.2. The molecule has 0 aromatic heterocycles. The average molecular weight is 844 g/mol. The number of rotatable bonds is 21. The van der Waals surface area contributed by atoms with Crippen LogP contribution >= 0.6 is 24.1 Å². The Hall–Kier alpha value is -3.09. The molecule has 0 atom stereocenters. The molecule has 0 fully saturated rings. The highest BCUT2D eigenvalue weighted by Crippen LogP contribution is 2.48. The van der Waals surface area contributed by atoms with Crippen LogP contribution < -0.4 is 10.2 Å². The third-order valence-electron chi connectivity index (χ3n) is 10.5. The van der Waals surface area contributed by atoms with Crippen molar-refractivity contribution in [3.05, 3.63) is 95.8 Å². The van der Waals surface area contributed by atoms with Gasteiger partial charge in [0.15, 0.2) is 5.71 Å². The molecule has 2 aliphatic rings. The van der Waals surface area contributed by atoms with Crippen molar-refractivity contribution in [2.24, 2.45) is 5.41 Å². The number of hydrogen-bond donors (Lipinski definition) is 1. The van der Waals surface area contributed by atoms with E-state index in [2.05, 4.69) is 75.0 Å². The number of allylic oxidation sites excluding steroid dienone is 8. The Balaban J connectivity index is 1.50. The van der Waals surface area contributed by atoms with Gasteiger partial charge in [-0.15, -0.1) is 4.33 Å². The zero-order valence-electron chi connectivity index (χ0n) is 34.4. The molecule has 0 bridgehead atoms. The lowest BCUT2D eigenvalue weighted by atomic mass is 9.81. The lowest BCUT2D eigenvalue weighted by molar-refractivity contribution is -0.777. The lowest BCUT2D eigenvalue weighted by Gasteiger charge is -2.25. The number of likely N-dealkylation sites (N-methyl/N-ethyl adjacent to an activating group) is 1. The Kier molecular flexibility index (Phi) is 16.6. The molecule has 57 heavy (non-hydrogen) atoms. The predicted molar refractivity (Wildman–Crippen MR) is 225 cm³/mol. The van der Waals surface area contributed by atoms with Crippen LogP contribution in [-0.2, 0) is 44.4 Å². The molecular weight excluding hydrogens is 787 g/mol. The van der Waals surface area contributed by atoms with E-state index >= 15 is 0 Å². The van der Waals surface area contributed by atoms with Crippen molar-refractivity contribution in [1.82, 2.24) is 4.31 Å². The number of sulfonamides is 1. The number of Topliss-reactive ketones (excluding diaryl/α,β-unsaturated/α-hetero) is 1. The normalized spacial score (nSPS) is 17.3. The number of ketones is 1. The maximum absolute atomic E-state index is 13.6. The van der Waals surface area contributed by atoms with Crippen molar-refractivity contribution >= 4 is 57.0 Å². The van der Waals surface area contributed by atoms with E-state index in [1.54, 1.807) is 19.2 Å². The summed E-state index contributed by atoms with van der Waals surface area (Å²) in [5.41, 5.74) is 5.10. The van der Waals surface area contributed by atoms with Crippen LogP contribution in [0.1, 0.15) is 92.2 Å². The maximum atomic E-state index is 13.6. The average Bonchev–Trinajstić information content (AvgIpc) is 3.51. The van der Waals surface area contributed by atoms with E-state index in [-0.39, 0.29) is 22.6 Å². The molecule has 0 amide bonds. The monoisotopic (exact) mass is 843 g/mol. The summed E-state index contributed by atoms with van der Waals surface area (Å²) in [6, 6.07) is 11.4. The Morgan fingerprint density at radius 1 is 0.965 bits per heavy atom. The van der Waals surface area contributed by atoms with Crippen LogP contribution in [0.4, 0.5) is 11.4 Å². The molecule has 4 rings (SSSR count). The lowest BCUT2D eigenvalue weighted by Crippen LogP contribution is -2.29. The van der Waals surface area contributed by atoms with Crippen LogP contribution in [0.15, 0.2) is 94.4 Å². The summed E-state index contributed by atoms with van der Waals surface area (Å²) in [6.07, 6.45) is 16.7. The van der Waals surface area contributed by atoms with E-state index in [4.69, 9.17) is 5.26 Å². The first-order valence-electron chi connectivity index (χ1n) is 19.1. The SMILES string of the molecule is CCN1/C(=C/C=C/C=C/C=C/C2=[N+](CCCCSOO[O-])c3ccc(SOOO)cc3C2(C)C)C(C)(C)c2cc(S(=O)(=O)N(C)CCCC(=O)C(C)(C)C)ccc21. The number of anilines is 1. The summed E-state index contributed by atoms with van der Waals surface area (Å²) >= 11 is 1.92. The van der Waals surface area contributed by atoms with E-state index in [0.29, 0.717) is 18.6 Å². The van der Waals surface area contributed by atoms with E-state index in [1.165, 1.54) is 4.31 Å². The molecule has 1 N–H and O–H groups in total. The van der Waals surface area contributed by atoms with Gasteiger partial charge in [0.25, 0.3) is 0 Å². The number of carbonyl (C=O) groups is 1. The second-order valence-electron chi connectivity index (χ2n) is 16.1. The standard InChI is InChI=1S/C42H57N3O9S3/c1-10-44-35-25-23-32(57(49,50)43(9)26-18-21-39(46)40(2,3)4)30-34(35)42(7,8)37(44)19-14-12-11-13-15-20-38-41(5,6)33-29-31(56-54-52-48)22-24-36(33)45(38)27-16-17-28-55-53-51-47/h11-15,19-20,22-25,29-30H,10,16-18,21,26-28H2,1-9H3,(H-,47,48). The fourth-order valence-corrected chi connectivity index (χ4v) is 9.33. The maximum Gasteiger partial charge on any atom is 0.242 e. The molecule has 0 spiro atoms. The first-order valence-corrected chi connectivity index (χ1v) is 22.2. The largest absolute Gasteiger partial charge is 0.691 e. The quantitative estimate of drug-likeness (QED) is 0.0322. The van der Waals surface area contributed by atoms with Gasteiger partial charge >= 0.3 is 0 Å². The zero-order chi connectivity index (χ0) is 42.0. The topological polar surface area (TPSA) is 141 Å². The van der Waals surface area contributed by atoms with E-state index in [1.807, 2.05) is 75.4 Å². The van der Waals surface area contributed by atoms with Crippen molar-refractivity contribution in [2.75, 3.05) is 37.3 Å². The summed E-state index contributed by atoms with van der Waals surface area (Å²) in [4.78, 5) is 15.6. The van der Waals surface area contributed by atoms with Gasteiger partial charge in [-0.3, -0.25) is 9.83 Å². The number of nitrogens with zero attached hydrogens (tertiary/aromatic N) is 3. The van der Waals surface area contributed by atoms with Crippen LogP contribution in [0.5, 0.6) is 0 Å². The highest BCUT2D eigenvalue weighted by atomic mass is 32.2. The zero-order valence-corrected chi connectivity index (χ0v) is 36.9. The minimum absolute atomic E-state index is 0.121. The van der Waals surface area contributed by atoms with Gasteiger partial charge < -0.3 is 10.2 Å². The molecule has 2 aliphatic heterocycles. The third-order valence-corrected chi connectivity index (χ3v) is 13.5. The summed E-state index contributed by atoms with van der Waals surface area (Å²) in [5, 5.41) is 26.0. The first kappa shape index (κ1) is 46.6. The molecule has 2 heterocycles. The second-order valence-corrected chi connectivity index (χ2v) is 19.7. The number of benzene rings is 2. The molecule has 0 radical (unpaired) electrons. The van der Waals surface area contributed by atoms with Gasteiger partial charge in [0, 0.05) is 95.6 Å². The summed E-state index contributed by atoms with van der Waals surface area (Å²) in [6.45, 7) is 18.0. The third kappa shape index (κ3) is 11.1. The smallest absolute Gasteiger partial charge is 0.242 e. The van der Waals surface area contributed by atoms with Gasteiger partial charge in [-0.1, -0.05) is 70.0 Å². The van der Waals surface area contributed by atoms with Crippen LogP contribution in [0, 0.1) is 5.41 Å². The summed E-state index contributed by atoms with van der Waals surface area (Å²) in [5.74, 6) is 0.746. The minimum atomic E-state index is -3.75. The molecule has 0 saturated carbocycles. The molecule has 0 aliphatic carbocycles. The van der Waals surface area contributed by atoms with Gasteiger partial charge in [-0.25, -0.2) is 18.0 Å². The fraction of sp³-hybridized carbons (Fsp3) is 0.476. The Morgan fingerprint density at radius 3 is 2.37 bits per heavy atom. The summed E-state index contributed by atoms with van der Waals surface area (Å²) in [7, 11) is -2.18. The van der Waals surface area contributed by atoms with Crippen molar-refractivity contribution in [3.8, 4) is 0 Å². The Morgan fingerprint density at radius 2 is 1.68 bits per heavy atom. The molecule has 0 saturated heterocycles. The van der Waals surface area contributed by atoms with E-state index in [0.717, 1.165) is 88.8 Å². The Labute approximate surface area is 347 Å². The summed E-state index contributed by atoms with van der Waals surface area (Å²) < 4.78 is 40.0. The highest BCUT2D eigenvalue weighted by molar-refractivity contribution is 7.94. The van der Waals surface area contributed by atoms with Gasteiger partial charge in [0.05, 0.1) is 22.4 Å². The number of unbranched alkanes of at least 4 members (excludes halogenated alkanes) is 1. The van der Waals surface area contributed by atoms with E-state index < -0.39 is 20.9 Å². The number of carbonyl (C=O) groups excluding carboxylic acids is 1. The van der Waals surface area contributed by atoms with Crippen LogP contribution in [0.2, 0.25) is 0 Å². The van der Waals surface area contributed by atoms with Gasteiger partial charge in [0.1, 0.15) is 12.3 Å². The molecule has 312 valence electrons. The number of hydrogen-bond acceptors (Lipinski definition) is 12. The Bertz CT molecular complexity index is 2000. The van der Waals surface area contributed by atoms with Crippen LogP contribution in [0.3, 0.4) is 0 Å². The van der Waals surface area contributed by atoms with Crippen molar-refractivity contribution in [2.45, 2.75) is 102 Å². The van der Waals surface area contributed by atoms with Crippen molar-refractivity contribution in [3.63, 3.8) is 0 Å². The fourth-order valence-electron chi connectivity index (χ4n) is 7.27. The molecule has 2 aromatic carbocycles. The molecule has 2 aromatic rings. The van der Waals surface area contributed by atoms with Gasteiger partial charge in [-0.05, 0) is 75.6 Å². The molecule has 12 nitrogen and oxygen atoms in total. The van der Waals surface area contributed by atoms with Crippen LogP contribution in [0.25, 0.3) is 0 Å². The molecule has 0 unspecified atom stereocenters. The molecular formula is C42H57N3O9S3. The first-order chi connectivity index (χ1) is 26.9. The number of fused-ring (bicyclic) bond motifs is 2. The van der Waals surface area contributed by atoms with Crippen molar-refractivity contribution < 1.29 is 47.0 Å². The highest BCUT2D eigenvalue weighted by Gasteiger charge is 2.44. The van der Waals surface area contributed by atoms with Gasteiger partial charge in [0.2, 0.25) is 15.7 Å². The van der Waals surface area contributed by atoms with Gasteiger partial charge in [-0.2, -0.15) is 8.91 Å². The van der Waals surface area contributed by atoms with Crippen LogP contribution in [-0.4, -0.2) is 66.5 Å². The van der Waals surface area contributed by atoms with Crippen molar-refractivity contribution in [1.29, 1.82) is 0 Å². The molecule has 15 heteroatoms. The minimum Gasteiger partial charge on any atom is -0.691 e.